The smallest absolute Gasteiger partial charge is 0.395 e. The molecule has 3 nitrogen and oxygen atoms in total. The van der Waals surface area contributed by atoms with Gasteiger partial charge in [0.15, 0.2) is 11.5 Å². The number of alkyl halides is 2. The fourth-order valence-corrected chi connectivity index (χ4v) is 1.21. The summed E-state index contributed by atoms with van der Waals surface area (Å²) in [5, 5.41) is 2.83. The summed E-state index contributed by atoms with van der Waals surface area (Å²) in [5.41, 5.74) is 0.605. The van der Waals surface area contributed by atoms with Crippen LogP contribution in [0.2, 0.25) is 0 Å². The third-order valence-electron chi connectivity index (χ3n) is 1.80. The van der Waals surface area contributed by atoms with Gasteiger partial charge in [-0.05, 0) is 12.1 Å². The second kappa shape index (κ2) is 3.31. The molecule has 0 fully saturated rings. The highest BCUT2D eigenvalue weighted by Crippen LogP contribution is 2.42. The van der Waals surface area contributed by atoms with Gasteiger partial charge >= 0.3 is 6.29 Å². The Morgan fingerprint density at radius 3 is 2.80 bits per heavy atom. The number of anilines is 1. The molecule has 0 saturated carbocycles. The van der Waals surface area contributed by atoms with E-state index in [1.807, 2.05) is 0 Å². The number of nitrogens with one attached hydrogen (secondary N) is 1. The SMILES string of the molecule is C#CCNc1ccc2c(c1)OC(F)(F)O2. The molecule has 0 aromatic heterocycles. The molecule has 1 heterocycles. The number of hydrogen-bond acceptors (Lipinski definition) is 3. The van der Waals surface area contributed by atoms with Gasteiger partial charge in [0.05, 0.1) is 6.54 Å². The van der Waals surface area contributed by atoms with Crippen LogP contribution < -0.4 is 14.8 Å². The third-order valence-corrected chi connectivity index (χ3v) is 1.80. The Morgan fingerprint density at radius 1 is 1.33 bits per heavy atom. The molecule has 0 aliphatic carbocycles. The zero-order valence-electron chi connectivity index (χ0n) is 7.59. The largest absolute Gasteiger partial charge is 0.586 e. The number of benzene rings is 1. The molecule has 0 saturated heterocycles. The minimum absolute atomic E-state index is 0.00187. The van der Waals surface area contributed by atoms with E-state index in [1.54, 1.807) is 6.07 Å². The Balaban J connectivity index is 2.20. The van der Waals surface area contributed by atoms with Gasteiger partial charge in [-0.3, -0.25) is 0 Å². The number of terminal acetylenes is 1. The maximum Gasteiger partial charge on any atom is 0.586 e. The van der Waals surface area contributed by atoms with Crippen LogP contribution in [0.1, 0.15) is 0 Å². The van der Waals surface area contributed by atoms with Gasteiger partial charge < -0.3 is 14.8 Å². The monoisotopic (exact) mass is 211 g/mol. The van der Waals surface area contributed by atoms with Crippen molar-refractivity contribution in [3.63, 3.8) is 0 Å². The summed E-state index contributed by atoms with van der Waals surface area (Å²) in [5.74, 6) is 2.39. The molecule has 15 heavy (non-hydrogen) atoms. The van der Waals surface area contributed by atoms with Gasteiger partial charge in [0.2, 0.25) is 0 Å². The average molecular weight is 211 g/mol. The minimum Gasteiger partial charge on any atom is -0.395 e. The van der Waals surface area contributed by atoms with Gasteiger partial charge in [0, 0.05) is 11.8 Å². The molecule has 78 valence electrons. The Kier molecular flexibility index (Phi) is 2.12. The number of hydrogen-bond donors (Lipinski definition) is 1. The molecule has 1 aliphatic rings. The first-order chi connectivity index (χ1) is 7.11. The summed E-state index contributed by atoms with van der Waals surface area (Å²) >= 11 is 0. The number of halogens is 2. The Morgan fingerprint density at radius 2 is 2.07 bits per heavy atom. The highest BCUT2D eigenvalue weighted by Gasteiger charge is 2.43. The van der Waals surface area contributed by atoms with Crippen LogP contribution in [0, 0.1) is 12.3 Å². The highest BCUT2D eigenvalue weighted by atomic mass is 19.3. The molecule has 1 aromatic rings. The van der Waals surface area contributed by atoms with Crippen molar-refractivity contribution < 1.29 is 18.3 Å². The number of rotatable bonds is 2. The first kappa shape index (κ1) is 9.59. The lowest BCUT2D eigenvalue weighted by molar-refractivity contribution is -0.286. The molecule has 1 aromatic carbocycles. The second-order valence-corrected chi connectivity index (χ2v) is 2.89. The topological polar surface area (TPSA) is 30.5 Å². The van der Waals surface area contributed by atoms with Crippen molar-refractivity contribution in [2.24, 2.45) is 0 Å². The van der Waals surface area contributed by atoms with E-state index in [1.165, 1.54) is 12.1 Å². The average Bonchev–Trinajstić information content (AvgIpc) is 2.47. The molecule has 1 aliphatic heterocycles. The van der Waals surface area contributed by atoms with Gasteiger partial charge in [-0.15, -0.1) is 15.2 Å². The molecule has 2 rings (SSSR count). The van der Waals surface area contributed by atoms with E-state index in [-0.39, 0.29) is 11.5 Å². The lowest BCUT2D eigenvalue weighted by Gasteiger charge is -2.04. The zero-order valence-corrected chi connectivity index (χ0v) is 7.59. The summed E-state index contributed by atoms with van der Waals surface area (Å²) < 4.78 is 33.7. The number of fused-ring (bicyclic) bond motifs is 1. The van der Waals surface area contributed by atoms with Crippen LogP contribution in [0.15, 0.2) is 18.2 Å². The van der Waals surface area contributed by atoms with Crippen molar-refractivity contribution in [2.45, 2.75) is 6.29 Å². The van der Waals surface area contributed by atoms with Crippen molar-refractivity contribution in [2.75, 3.05) is 11.9 Å². The Hall–Kier alpha value is -1.96. The van der Waals surface area contributed by atoms with E-state index in [0.29, 0.717) is 12.2 Å². The summed E-state index contributed by atoms with van der Waals surface area (Å²) in [6.07, 6.45) is 1.47. The molecule has 1 N–H and O–H groups in total. The third kappa shape index (κ3) is 1.94. The summed E-state index contributed by atoms with van der Waals surface area (Å²) in [4.78, 5) is 0. The van der Waals surface area contributed by atoms with E-state index in [9.17, 15) is 8.78 Å². The van der Waals surface area contributed by atoms with Crippen molar-refractivity contribution >= 4 is 5.69 Å². The molecule has 0 unspecified atom stereocenters. The van der Waals surface area contributed by atoms with E-state index in [4.69, 9.17) is 6.42 Å². The maximum atomic E-state index is 12.6. The maximum absolute atomic E-state index is 12.6. The first-order valence-electron chi connectivity index (χ1n) is 4.18. The minimum atomic E-state index is -3.58. The van der Waals surface area contributed by atoms with Gasteiger partial charge in [-0.2, -0.15) is 0 Å². The van der Waals surface area contributed by atoms with Gasteiger partial charge in [0.25, 0.3) is 0 Å². The first-order valence-corrected chi connectivity index (χ1v) is 4.18. The van der Waals surface area contributed by atoms with Crippen LogP contribution in [-0.2, 0) is 0 Å². The molecule has 5 heteroatoms. The van der Waals surface area contributed by atoms with Crippen LogP contribution in [-0.4, -0.2) is 12.8 Å². The molecule has 0 atom stereocenters. The van der Waals surface area contributed by atoms with Crippen molar-refractivity contribution in [3.05, 3.63) is 18.2 Å². The van der Waals surface area contributed by atoms with E-state index in [0.717, 1.165) is 0 Å². The van der Waals surface area contributed by atoms with Gasteiger partial charge in [-0.25, -0.2) is 0 Å². The lowest BCUT2D eigenvalue weighted by Crippen LogP contribution is -2.25. The predicted molar refractivity (Wildman–Crippen MR) is 50.0 cm³/mol. The Bertz CT molecular complexity index is 426. The lowest BCUT2D eigenvalue weighted by atomic mass is 10.3. The molecule has 0 radical (unpaired) electrons. The molecular formula is C10H7F2NO2. The van der Waals surface area contributed by atoms with Crippen LogP contribution >= 0.6 is 0 Å². The fraction of sp³-hybridized carbons (Fsp3) is 0.200. The van der Waals surface area contributed by atoms with E-state index in [2.05, 4.69) is 20.7 Å². The number of ether oxygens (including phenoxy) is 2. The summed E-state index contributed by atoms with van der Waals surface area (Å²) in [7, 11) is 0. The van der Waals surface area contributed by atoms with Crippen molar-refractivity contribution in [3.8, 4) is 23.8 Å². The molecule has 0 amide bonds. The summed E-state index contributed by atoms with van der Waals surface area (Å²) in [6.45, 7) is 0.316. The fourth-order valence-electron chi connectivity index (χ4n) is 1.21. The van der Waals surface area contributed by atoms with Crippen LogP contribution in [0.25, 0.3) is 0 Å². The quantitative estimate of drug-likeness (QED) is 0.759. The predicted octanol–water partition coefficient (Wildman–Crippen LogP) is 2.05. The zero-order chi connectivity index (χ0) is 10.9. The molecule has 0 spiro atoms. The second-order valence-electron chi connectivity index (χ2n) is 2.89. The normalized spacial score (nSPS) is 15.8. The van der Waals surface area contributed by atoms with E-state index < -0.39 is 6.29 Å². The van der Waals surface area contributed by atoms with Crippen molar-refractivity contribution in [1.29, 1.82) is 0 Å². The molecule has 0 bridgehead atoms. The van der Waals surface area contributed by atoms with Crippen LogP contribution in [0.5, 0.6) is 11.5 Å². The Labute approximate surface area is 85.0 Å². The van der Waals surface area contributed by atoms with Gasteiger partial charge in [0.1, 0.15) is 0 Å². The van der Waals surface area contributed by atoms with Crippen LogP contribution in [0.3, 0.4) is 0 Å². The standard InChI is InChI=1S/C10H7F2NO2/c1-2-5-13-7-3-4-8-9(6-7)15-10(11,12)14-8/h1,3-4,6,13H,5H2. The van der Waals surface area contributed by atoms with Crippen molar-refractivity contribution in [1.82, 2.24) is 0 Å². The summed E-state index contributed by atoms with van der Waals surface area (Å²) in [6, 6.07) is 4.39. The van der Waals surface area contributed by atoms with Gasteiger partial charge in [-0.1, -0.05) is 5.92 Å². The molecular weight excluding hydrogens is 204 g/mol. The van der Waals surface area contributed by atoms with Crippen LogP contribution in [0.4, 0.5) is 14.5 Å². The highest BCUT2D eigenvalue weighted by molar-refractivity contribution is 5.56. The van der Waals surface area contributed by atoms with E-state index >= 15 is 0 Å².